The minimum atomic E-state index is -0.515. The zero-order chi connectivity index (χ0) is 11.7. The van der Waals surface area contributed by atoms with Crippen molar-refractivity contribution in [1.29, 1.82) is 0 Å². The molecule has 2 amide bonds. The summed E-state index contributed by atoms with van der Waals surface area (Å²) < 4.78 is 4.62. The molecule has 0 aliphatic carbocycles. The second-order valence-electron chi connectivity index (χ2n) is 3.03. The third-order valence-corrected chi connectivity index (χ3v) is 4.53. The first kappa shape index (κ1) is 14.3. The lowest BCUT2D eigenvalue weighted by atomic mass is 10.8. The summed E-state index contributed by atoms with van der Waals surface area (Å²) in [5.41, 5.74) is 0. The minimum absolute atomic E-state index is 0.111. The molecule has 0 atom stereocenters. The molecule has 15 heavy (non-hydrogen) atoms. The Morgan fingerprint density at radius 2 is 2.00 bits per heavy atom. The van der Waals surface area contributed by atoms with E-state index in [1.54, 1.807) is 6.92 Å². The van der Waals surface area contributed by atoms with Crippen LogP contribution in [0.3, 0.4) is 0 Å². The van der Waals surface area contributed by atoms with Gasteiger partial charge in [0.15, 0.2) is 0 Å². The molecule has 0 spiro atoms. The number of amides is 2. The van der Waals surface area contributed by atoms with E-state index in [0.29, 0.717) is 6.61 Å². The largest absolute Gasteiger partial charge is 0.450 e. The van der Waals surface area contributed by atoms with E-state index < -0.39 is 6.09 Å². The van der Waals surface area contributed by atoms with Crippen molar-refractivity contribution in [1.82, 2.24) is 10.6 Å². The maximum Gasteiger partial charge on any atom is 0.408 e. The van der Waals surface area contributed by atoms with Gasteiger partial charge in [-0.05, 0) is 12.3 Å². The Bertz CT molecular complexity index is 214. The molecular formula is C8H17N2O3SSi. The molecule has 0 unspecified atom stereocenters. The molecule has 0 rings (SSSR count). The number of ether oxygens (including phenoxy) is 1. The van der Waals surface area contributed by atoms with Gasteiger partial charge in [0.25, 0.3) is 5.24 Å². The molecule has 0 aromatic rings. The first-order valence-electron chi connectivity index (χ1n) is 4.66. The third-order valence-electron chi connectivity index (χ3n) is 1.23. The van der Waals surface area contributed by atoms with Gasteiger partial charge in [0.05, 0.1) is 22.1 Å². The summed E-state index contributed by atoms with van der Waals surface area (Å²) in [4.78, 5) is 22.0. The second-order valence-corrected chi connectivity index (χ2v) is 7.26. The molecule has 0 aromatic carbocycles. The van der Waals surface area contributed by atoms with Crippen molar-refractivity contribution < 1.29 is 14.3 Å². The van der Waals surface area contributed by atoms with Crippen molar-refractivity contribution in [2.75, 3.05) is 18.7 Å². The van der Waals surface area contributed by atoms with Crippen LogP contribution in [0, 0.1) is 0 Å². The highest BCUT2D eigenvalue weighted by Gasteiger charge is 2.05. The van der Waals surface area contributed by atoms with Crippen LogP contribution in [-0.2, 0) is 4.74 Å². The molecule has 2 N–H and O–H groups in total. The number of alkyl carbamates (subject to hydrolysis) is 1. The predicted octanol–water partition coefficient (Wildman–Crippen LogP) is 1.43. The molecule has 0 bridgehead atoms. The standard InChI is InChI=1S/C8H17N2O3SSi/c1-4-13-7(11)9-5-10-8(12)14-6-15(2)3/h4-6H2,1-3H3,(H,9,11)(H,10,12). The van der Waals surface area contributed by atoms with Crippen LogP contribution in [-0.4, -0.2) is 38.8 Å². The highest BCUT2D eigenvalue weighted by atomic mass is 32.2. The molecule has 0 saturated heterocycles. The number of hydrogen-bond donors (Lipinski definition) is 2. The van der Waals surface area contributed by atoms with Gasteiger partial charge in [0, 0.05) is 0 Å². The lowest BCUT2D eigenvalue weighted by molar-refractivity contribution is 0.152. The Morgan fingerprint density at radius 1 is 1.33 bits per heavy atom. The predicted molar refractivity (Wildman–Crippen MR) is 63.5 cm³/mol. The van der Waals surface area contributed by atoms with Gasteiger partial charge in [0.1, 0.15) is 0 Å². The van der Waals surface area contributed by atoms with Gasteiger partial charge in [-0.3, -0.25) is 4.79 Å². The van der Waals surface area contributed by atoms with E-state index in [0.717, 1.165) is 5.38 Å². The highest BCUT2D eigenvalue weighted by Crippen LogP contribution is 2.02. The van der Waals surface area contributed by atoms with Crippen molar-refractivity contribution in [2.24, 2.45) is 0 Å². The second kappa shape index (κ2) is 8.60. The van der Waals surface area contributed by atoms with E-state index in [9.17, 15) is 9.59 Å². The zero-order valence-corrected chi connectivity index (χ0v) is 11.1. The molecule has 0 fully saturated rings. The summed E-state index contributed by atoms with van der Waals surface area (Å²) in [6.07, 6.45) is -0.515. The normalized spacial score (nSPS) is 9.87. The smallest absolute Gasteiger partial charge is 0.408 e. The number of thioether (sulfide) groups is 1. The van der Waals surface area contributed by atoms with Crippen LogP contribution in [0.2, 0.25) is 13.1 Å². The average Bonchev–Trinajstić information content (AvgIpc) is 2.15. The molecule has 1 radical (unpaired) electrons. The van der Waals surface area contributed by atoms with Crippen molar-refractivity contribution in [3.63, 3.8) is 0 Å². The number of rotatable bonds is 5. The number of nitrogens with one attached hydrogen (secondary N) is 2. The van der Waals surface area contributed by atoms with Gasteiger partial charge in [0.2, 0.25) is 0 Å². The van der Waals surface area contributed by atoms with E-state index in [2.05, 4.69) is 28.5 Å². The summed E-state index contributed by atoms with van der Waals surface area (Å²) >= 11 is 1.25. The summed E-state index contributed by atoms with van der Waals surface area (Å²) in [6, 6.07) is 0. The zero-order valence-electron chi connectivity index (χ0n) is 9.25. The SMILES string of the molecule is CCOC(=O)NCNC(=O)SC[Si](C)C. The maximum atomic E-state index is 11.2. The minimum Gasteiger partial charge on any atom is -0.450 e. The Kier molecular flexibility index (Phi) is 8.20. The first-order valence-corrected chi connectivity index (χ1v) is 8.35. The van der Waals surface area contributed by atoms with Crippen LogP contribution in [0.25, 0.3) is 0 Å². The quantitative estimate of drug-likeness (QED) is 0.571. The molecule has 0 aliphatic heterocycles. The fourth-order valence-corrected chi connectivity index (χ4v) is 2.48. The van der Waals surface area contributed by atoms with E-state index in [1.807, 2.05) is 0 Å². The van der Waals surface area contributed by atoms with Crippen molar-refractivity contribution in [3.8, 4) is 0 Å². The lowest BCUT2D eigenvalue weighted by Crippen LogP contribution is -2.36. The van der Waals surface area contributed by atoms with Gasteiger partial charge < -0.3 is 15.4 Å². The molecule has 7 heteroatoms. The molecule has 5 nitrogen and oxygen atoms in total. The fourth-order valence-electron chi connectivity index (χ4n) is 0.632. The first-order chi connectivity index (χ1) is 7.06. The topological polar surface area (TPSA) is 67.4 Å². The van der Waals surface area contributed by atoms with Gasteiger partial charge in [-0.25, -0.2) is 4.79 Å². The van der Waals surface area contributed by atoms with Crippen molar-refractivity contribution in [3.05, 3.63) is 0 Å². The fraction of sp³-hybridized carbons (Fsp3) is 0.750. The number of hydrogen-bond acceptors (Lipinski definition) is 4. The van der Waals surface area contributed by atoms with Crippen LogP contribution in [0.4, 0.5) is 9.59 Å². The molecule has 0 aromatic heterocycles. The van der Waals surface area contributed by atoms with Gasteiger partial charge in [-0.2, -0.15) is 0 Å². The molecule has 0 saturated carbocycles. The number of carbonyl (C=O) groups excluding carboxylic acids is 2. The Balaban J connectivity index is 3.42. The van der Waals surface area contributed by atoms with E-state index >= 15 is 0 Å². The van der Waals surface area contributed by atoms with Crippen LogP contribution >= 0.6 is 11.8 Å². The van der Waals surface area contributed by atoms with Gasteiger partial charge in [-0.15, -0.1) is 0 Å². The van der Waals surface area contributed by atoms with Crippen LogP contribution < -0.4 is 10.6 Å². The van der Waals surface area contributed by atoms with Crippen LogP contribution in [0.15, 0.2) is 0 Å². The number of carbonyl (C=O) groups is 2. The Hall–Kier alpha value is -0.693. The van der Waals surface area contributed by atoms with Crippen LogP contribution in [0.5, 0.6) is 0 Å². The Morgan fingerprint density at radius 3 is 2.53 bits per heavy atom. The maximum absolute atomic E-state index is 11.2. The molecule has 0 heterocycles. The average molecular weight is 249 g/mol. The van der Waals surface area contributed by atoms with E-state index in [1.165, 1.54) is 11.8 Å². The lowest BCUT2D eigenvalue weighted by Gasteiger charge is -2.07. The monoisotopic (exact) mass is 249 g/mol. The van der Waals surface area contributed by atoms with Gasteiger partial charge in [-0.1, -0.05) is 24.9 Å². The summed E-state index contributed by atoms with van der Waals surface area (Å²) in [5, 5.41) is 5.72. The molecular weight excluding hydrogens is 232 g/mol. The highest BCUT2D eigenvalue weighted by molar-refractivity contribution is 8.14. The van der Waals surface area contributed by atoms with E-state index in [-0.39, 0.29) is 20.7 Å². The van der Waals surface area contributed by atoms with Crippen molar-refractivity contribution >= 4 is 31.9 Å². The molecule has 0 aliphatic rings. The molecule has 87 valence electrons. The van der Waals surface area contributed by atoms with Crippen LogP contribution in [0.1, 0.15) is 6.92 Å². The van der Waals surface area contributed by atoms with Gasteiger partial charge >= 0.3 is 6.09 Å². The van der Waals surface area contributed by atoms with E-state index in [4.69, 9.17) is 0 Å². The third kappa shape index (κ3) is 9.61. The summed E-state index contributed by atoms with van der Waals surface area (Å²) in [6.45, 7) is 6.44. The Labute approximate surface area is 95.9 Å². The summed E-state index contributed by atoms with van der Waals surface area (Å²) in [7, 11) is -0.389. The van der Waals surface area contributed by atoms with Crippen molar-refractivity contribution in [2.45, 2.75) is 20.0 Å². The summed E-state index contributed by atoms with van der Waals surface area (Å²) in [5.74, 6) is 0.